The number of hydrogen-bond acceptors (Lipinski definition) is 8. The average Bonchev–Trinajstić information content (AvgIpc) is 4.06. The normalized spacial score (nSPS) is 23.4. The number of pyridine rings is 1. The summed E-state index contributed by atoms with van der Waals surface area (Å²) in [5, 5.41) is 4.40. The maximum atomic E-state index is 13.3. The van der Waals surface area contributed by atoms with Gasteiger partial charge in [0.2, 0.25) is 0 Å². The molecule has 4 N–H and O–H groups in total. The Labute approximate surface area is 322 Å². The second-order valence-corrected chi connectivity index (χ2v) is 18.3. The highest BCUT2D eigenvalue weighted by Crippen LogP contribution is 2.62. The number of hydrogen-bond donors (Lipinski definition) is 3. The SMILES string of the molecule is CC(C)(C)OC(=O)N1[C@H](c2ncc(-c3ccc(-c4ccc5nc(/C(N)=C/NC6=CC67CCC6(CC6)N7C(=O)OC(C)(C)C)ccc5c4)cc3)[nH]2)CCC12CC2. The number of aromatic amines is 1. The highest BCUT2D eigenvalue weighted by molar-refractivity contribution is 5.86. The molecule has 2 aliphatic heterocycles. The number of ether oxygens (including phenoxy) is 2. The molecule has 4 heterocycles. The Kier molecular flexibility index (Phi) is 7.78. The standard InChI is InChI=1S/C44H51N7O4/c1-40(2,3)54-38(52)50-35(15-16-42(50)17-18-42)37-47-26-34(49-37)28-9-7-27(8-10-28)29-11-13-32-30(23-29)12-14-33(48-32)31(45)25-46-36-24-44(36)22-21-43(19-20-43)51(44)39(53)55-41(4,5)6/h7-14,23-26,35,46H,15-22,45H2,1-6H3,(H,47,49)/b31-25-/t35-,44?/m0/s1. The molecule has 2 saturated heterocycles. The number of nitrogens with two attached hydrogens (primary N) is 1. The molecule has 4 aromatic rings. The number of fused-ring (bicyclic) bond motifs is 1. The van der Waals surface area contributed by atoms with Crippen LogP contribution in [0.15, 0.2) is 78.8 Å². The second-order valence-electron chi connectivity index (χ2n) is 18.3. The fourth-order valence-electron chi connectivity index (χ4n) is 8.82. The summed E-state index contributed by atoms with van der Waals surface area (Å²) in [6.45, 7) is 11.5. The van der Waals surface area contributed by atoms with Gasteiger partial charge in [-0.1, -0.05) is 36.4 Å². The summed E-state index contributed by atoms with van der Waals surface area (Å²) in [4.78, 5) is 43.6. The van der Waals surface area contributed by atoms with Gasteiger partial charge in [0, 0.05) is 28.4 Å². The highest BCUT2D eigenvalue weighted by Gasteiger charge is 2.68. The van der Waals surface area contributed by atoms with E-state index in [2.05, 4.69) is 52.8 Å². The lowest BCUT2D eigenvalue weighted by Crippen LogP contribution is -2.49. The van der Waals surface area contributed by atoms with E-state index in [0.717, 1.165) is 96.2 Å². The number of likely N-dealkylation sites (tertiary alicyclic amines) is 2. The number of imidazole rings is 1. The third kappa shape index (κ3) is 6.41. The molecule has 3 spiro atoms. The molecular weight excluding hydrogens is 691 g/mol. The first-order chi connectivity index (χ1) is 26.1. The predicted octanol–water partition coefficient (Wildman–Crippen LogP) is 8.94. The summed E-state index contributed by atoms with van der Waals surface area (Å²) >= 11 is 0. The van der Waals surface area contributed by atoms with Crippen molar-refractivity contribution in [2.45, 2.75) is 127 Å². The summed E-state index contributed by atoms with van der Waals surface area (Å²) < 4.78 is 11.6. The molecule has 11 nitrogen and oxygen atoms in total. The van der Waals surface area contributed by atoms with Gasteiger partial charge in [-0.25, -0.2) is 19.6 Å². The minimum Gasteiger partial charge on any atom is -0.444 e. The molecule has 5 aliphatic rings. The van der Waals surface area contributed by atoms with Gasteiger partial charge in [0.25, 0.3) is 0 Å². The molecule has 1 unspecified atom stereocenters. The monoisotopic (exact) mass is 741 g/mol. The van der Waals surface area contributed by atoms with Gasteiger partial charge < -0.3 is 25.5 Å². The number of carbonyl (C=O) groups is 2. The van der Waals surface area contributed by atoms with Gasteiger partial charge >= 0.3 is 12.2 Å². The zero-order valence-electron chi connectivity index (χ0n) is 32.7. The van der Waals surface area contributed by atoms with Crippen LogP contribution in [0, 0.1) is 0 Å². The van der Waals surface area contributed by atoms with E-state index in [1.54, 1.807) is 6.20 Å². The molecule has 2 amide bonds. The lowest BCUT2D eigenvalue weighted by molar-refractivity contribution is 0.00965. The number of amides is 2. The summed E-state index contributed by atoms with van der Waals surface area (Å²) in [5.74, 6) is 0.806. The predicted molar refractivity (Wildman–Crippen MR) is 212 cm³/mol. The molecule has 9 rings (SSSR count). The lowest BCUT2D eigenvalue weighted by Gasteiger charge is -2.34. The van der Waals surface area contributed by atoms with Crippen LogP contribution in [0.4, 0.5) is 9.59 Å². The Morgan fingerprint density at radius 1 is 0.836 bits per heavy atom. The molecule has 4 fully saturated rings. The van der Waals surface area contributed by atoms with Crippen molar-refractivity contribution in [3.05, 3.63) is 90.3 Å². The van der Waals surface area contributed by atoms with Crippen molar-refractivity contribution in [1.82, 2.24) is 30.1 Å². The summed E-state index contributed by atoms with van der Waals surface area (Å²) in [5.41, 5.74) is 12.0. The van der Waals surface area contributed by atoms with Crippen molar-refractivity contribution in [2.75, 3.05) is 0 Å². The van der Waals surface area contributed by atoms with Crippen LogP contribution in [0.25, 0.3) is 39.0 Å². The van der Waals surface area contributed by atoms with E-state index in [-0.39, 0.29) is 29.3 Å². The summed E-state index contributed by atoms with van der Waals surface area (Å²) in [6.07, 6.45) is 13.1. The van der Waals surface area contributed by atoms with Crippen molar-refractivity contribution in [1.29, 1.82) is 0 Å². The summed E-state index contributed by atoms with van der Waals surface area (Å²) in [7, 11) is 0. The third-order valence-electron chi connectivity index (χ3n) is 11.9. The molecule has 286 valence electrons. The molecule has 2 saturated carbocycles. The number of nitrogens with one attached hydrogen (secondary N) is 2. The number of rotatable bonds is 6. The van der Waals surface area contributed by atoms with E-state index in [0.29, 0.717) is 11.4 Å². The molecule has 0 bridgehead atoms. The minimum absolute atomic E-state index is 0.0783. The van der Waals surface area contributed by atoms with Gasteiger partial charge in [-0.05, 0) is 134 Å². The highest BCUT2D eigenvalue weighted by atomic mass is 16.6. The minimum atomic E-state index is -0.548. The fraction of sp³-hybridized carbons (Fsp3) is 0.455. The van der Waals surface area contributed by atoms with Crippen LogP contribution >= 0.6 is 0 Å². The van der Waals surface area contributed by atoms with Crippen LogP contribution in [0.2, 0.25) is 0 Å². The fourth-order valence-corrected chi connectivity index (χ4v) is 8.82. The number of H-pyrrole nitrogens is 1. The van der Waals surface area contributed by atoms with Crippen LogP contribution in [0.5, 0.6) is 0 Å². The Bertz CT molecular complexity index is 2270. The van der Waals surface area contributed by atoms with E-state index in [9.17, 15) is 9.59 Å². The van der Waals surface area contributed by atoms with Crippen molar-refractivity contribution in [2.24, 2.45) is 5.73 Å². The van der Waals surface area contributed by atoms with Crippen molar-refractivity contribution in [3.63, 3.8) is 0 Å². The Balaban J connectivity index is 0.861. The van der Waals surface area contributed by atoms with Crippen molar-refractivity contribution in [3.8, 4) is 22.4 Å². The van der Waals surface area contributed by atoms with Gasteiger partial charge in [-0.3, -0.25) is 9.80 Å². The first kappa shape index (κ1) is 35.4. The zero-order valence-corrected chi connectivity index (χ0v) is 32.7. The van der Waals surface area contributed by atoms with E-state index in [4.69, 9.17) is 25.2 Å². The molecule has 2 atom stereocenters. The third-order valence-corrected chi connectivity index (χ3v) is 11.9. The number of nitrogens with zero attached hydrogens (tertiary/aromatic N) is 4. The number of aromatic nitrogens is 3. The van der Waals surface area contributed by atoms with E-state index in [1.807, 2.05) is 75.7 Å². The van der Waals surface area contributed by atoms with E-state index < -0.39 is 16.7 Å². The van der Waals surface area contributed by atoms with Crippen molar-refractivity contribution >= 4 is 28.8 Å². The van der Waals surface area contributed by atoms with Gasteiger partial charge in [0.15, 0.2) is 0 Å². The molecule has 2 aromatic heterocycles. The number of carbonyl (C=O) groups excluding carboxylic acids is 2. The van der Waals surface area contributed by atoms with Crippen LogP contribution in [-0.4, -0.2) is 64.8 Å². The smallest absolute Gasteiger partial charge is 0.411 e. The first-order valence-electron chi connectivity index (χ1n) is 19.7. The zero-order chi connectivity index (χ0) is 38.5. The maximum Gasteiger partial charge on any atom is 0.411 e. The van der Waals surface area contributed by atoms with Crippen LogP contribution in [-0.2, 0) is 9.47 Å². The first-order valence-corrected chi connectivity index (χ1v) is 19.7. The molecule has 2 aromatic carbocycles. The van der Waals surface area contributed by atoms with Crippen LogP contribution in [0.1, 0.15) is 110 Å². The molecular formula is C44H51N7O4. The van der Waals surface area contributed by atoms with Gasteiger partial charge in [0.05, 0.1) is 34.8 Å². The molecule has 3 aliphatic carbocycles. The van der Waals surface area contributed by atoms with Crippen LogP contribution in [0.3, 0.4) is 0 Å². The molecule has 55 heavy (non-hydrogen) atoms. The molecule has 11 heteroatoms. The Hall–Kier alpha value is -5.32. The lowest BCUT2D eigenvalue weighted by atomic mass is 10.0. The summed E-state index contributed by atoms with van der Waals surface area (Å²) in [6, 6.07) is 18.6. The van der Waals surface area contributed by atoms with Crippen LogP contribution < -0.4 is 11.1 Å². The quantitative estimate of drug-likeness (QED) is 0.178. The average molecular weight is 742 g/mol. The molecule has 0 radical (unpaired) electrons. The Morgan fingerprint density at radius 2 is 1.49 bits per heavy atom. The topological polar surface area (TPSA) is 139 Å². The van der Waals surface area contributed by atoms with Crippen molar-refractivity contribution < 1.29 is 19.1 Å². The number of benzene rings is 2. The van der Waals surface area contributed by atoms with Gasteiger partial charge in [-0.15, -0.1) is 0 Å². The van der Waals surface area contributed by atoms with E-state index >= 15 is 0 Å². The van der Waals surface area contributed by atoms with Gasteiger partial charge in [0.1, 0.15) is 22.6 Å². The maximum absolute atomic E-state index is 13.3. The second kappa shape index (κ2) is 12.1. The largest absolute Gasteiger partial charge is 0.444 e. The van der Waals surface area contributed by atoms with E-state index in [1.165, 1.54) is 0 Å². The van der Waals surface area contributed by atoms with Gasteiger partial charge in [-0.2, -0.15) is 0 Å². The Morgan fingerprint density at radius 3 is 2.18 bits per heavy atom.